The standard InChI is InChI=1S/C47H83O9P/c1-3-5-7-9-11-13-15-17-18-19-20-21-22-23-24-26-28-30-32-34-36-40-46(49)54-42-45(43-55-57(51,52)53)56-47(50)41-37-39-44(48)38-35-33-31-29-27-25-16-14-12-10-8-6-4-2/h12,14,17-18,25,27,31,33,35,38,44-45,48H,3-11,13,15-16,19-24,26,28-30,32,34,36-37,39-43H2,1-2H3,(H2,51,52,53)/b14-12-,18-17-,27-25-,33-31-,38-35+/t44-,45+/m0/s1. The van der Waals surface area contributed by atoms with Crippen molar-refractivity contribution in [2.75, 3.05) is 13.2 Å². The highest BCUT2D eigenvalue weighted by molar-refractivity contribution is 7.46. The number of aliphatic hydroxyl groups is 1. The Morgan fingerprint density at radius 1 is 0.544 bits per heavy atom. The van der Waals surface area contributed by atoms with E-state index < -0.39 is 38.6 Å². The quantitative estimate of drug-likeness (QED) is 0.0181. The summed E-state index contributed by atoms with van der Waals surface area (Å²) in [6, 6.07) is 0. The Hall–Kier alpha value is -2.29. The second-order valence-electron chi connectivity index (χ2n) is 15.2. The van der Waals surface area contributed by atoms with Crippen molar-refractivity contribution in [3.63, 3.8) is 0 Å². The first kappa shape index (κ1) is 54.7. The number of phosphoric ester groups is 1. The van der Waals surface area contributed by atoms with E-state index in [0.29, 0.717) is 19.3 Å². The first-order valence-corrected chi connectivity index (χ1v) is 24.2. The van der Waals surface area contributed by atoms with Crippen LogP contribution in [0.4, 0.5) is 0 Å². The number of allylic oxidation sites excluding steroid dienone is 9. The van der Waals surface area contributed by atoms with Gasteiger partial charge in [0, 0.05) is 12.8 Å². The molecule has 0 spiro atoms. The van der Waals surface area contributed by atoms with Gasteiger partial charge in [0.2, 0.25) is 0 Å². The van der Waals surface area contributed by atoms with Crippen LogP contribution in [0.25, 0.3) is 0 Å². The molecule has 0 saturated heterocycles. The SMILES string of the molecule is CCCCC/C=C\C/C=C\C/C=C\C=C\[C@H](O)CCCC(=O)O[C@H](COC(=O)CCCCCCCCCCCCC/C=C\CCCCCCCC)COP(=O)(O)O. The van der Waals surface area contributed by atoms with Crippen molar-refractivity contribution < 1.29 is 43.0 Å². The van der Waals surface area contributed by atoms with Crippen LogP contribution < -0.4 is 0 Å². The number of hydrogen-bond donors (Lipinski definition) is 3. The predicted molar refractivity (Wildman–Crippen MR) is 236 cm³/mol. The third-order valence-electron chi connectivity index (χ3n) is 9.61. The summed E-state index contributed by atoms with van der Waals surface area (Å²) in [5.41, 5.74) is 0. The minimum Gasteiger partial charge on any atom is -0.462 e. The lowest BCUT2D eigenvalue weighted by molar-refractivity contribution is -0.161. The molecule has 0 rings (SSSR count). The fourth-order valence-electron chi connectivity index (χ4n) is 6.18. The fourth-order valence-corrected chi connectivity index (χ4v) is 6.54. The van der Waals surface area contributed by atoms with E-state index in [2.05, 4.69) is 54.8 Å². The summed E-state index contributed by atoms with van der Waals surface area (Å²) in [6.07, 6.45) is 49.7. The second-order valence-corrected chi connectivity index (χ2v) is 16.5. The molecule has 0 fully saturated rings. The van der Waals surface area contributed by atoms with Crippen LogP contribution in [-0.4, -0.2) is 52.3 Å². The third kappa shape index (κ3) is 44.7. The smallest absolute Gasteiger partial charge is 0.462 e. The van der Waals surface area contributed by atoms with Crippen LogP contribution in [0.2, 0.25) is 0 Å². The lowest BCUT2D eigenvalue weighted by Crippen LogP contribution is -2.29. The van der Waals surface area contributed by atoms with E-state index in [1.165, 1.54) is 116 Å². The molecule has 0 aromatic rings. The van der Waals surface area contributed by atoms with Gasteiger partial charge in [0.15, 0.2) is 6.10 Å². The molecule has 0 unspecified atom stereocenters. The molecule has 0 aromatic heterocycles. The number of hydrogen-bond acceptors (Lipinski definition) is 7. The lowest BCUT2D eigenvalue weighted by Gasteiger charge is -2.18. The van der Waals surface area contributed by atoms with Gasteiger partial charge < -0.3 is 24.4 Å². The molecule has 330 valence electrons. The van der Waals surface area contributed by atoms with Crippen molar-refractivity contribution in [1.29, 1.82) is 0 Å². The van der Waals surface area contributed by atoms with E-state index in [-0.39, 0.29) is 19.4 Å². The van der Waals surface area contributed by atoms with Gasteiger partial charge in [0.1, 0.15) is 6.61 Å². The Morgan fingerprint density at radius 2 is 1.00 bits per heavy atom. The zero-order chi connectivity index (χ0) is 41.9. The number of esters is 2. The highest BCUT2D eigenvalue weighted by Gasteiger charge is 2.23. The van der Waals surface area contributed by atoms with Gasteiger partial charge in [-0.15, -0.1) is 0 Å². The Kier molecular flexibility index (Phi) is 40.2. The molecule has 0 aliphatic rings. The number of phosphoric acid groups is 1. The van der Waals surface area contributed by atoms with Crippen LogP contribution in [-0.2, 0) is 28.2 Å². The van der Waals surface area contributed by atoms with E-state index in [0.717, 1.165) is 38.5 Å². The molecule has 0 bridgehead atoms. The lowest BCUT2D eigenvalue weighted by atomic mass is 10.0. The average Bonchev–Trinajstić information content (AvgIpc) is 3.18. The van der Waals surface area contributed by atoms with E-state index in [4.69, 9.17) is 19.3 Å². The number of aliphatic hydroxyl groups excluding tert-OH is 1. The molecule has 9 nitrogen and oxygen atoms in total. The number of carbonyl (C=O) groups excluding carboxylic acids is 2. The summed E-state index contributed by atoms with van der Waals surface area (Å²) in [5, 5.41) is 10.2. The van der Waals surface area contributed by atoms with Gasteiger partial charge in [0.25, 0.3) is 0 Å². The molecule has 0 saturated carbocycles. The fraction of sp³-hybridized carbons (Fsp3) is 0.745. The predicted octanol–water partition coefficient (Wildman–Crippen LogP) is 13.0. The molecule has 10 heteroatoms. The zero-order valence-electron chi connectivity index (χ0n) is 36.1. The summed E-state index contributed by atoms with van der Waals surface area (Å²) < 4.78 is 26.3. The van der Waals surface area contributed by atoms with Gasteiger partial charge >= 0.3 is 19.8 Å². The van der Waals surface area contributed by atoms with Gasteiger partial charge in [-0.1, -0.05) is 177 Å². The summed E-state index contributed by atoms with van der Waals surface area (Å²) in [5.74, 6) is -1.09. The minimum absolute atomic E-state index is 0.0177. The van der Waals surface area contributed by atoms with E-state index in [1.54, 1.807) is 12.2 Å². The second kappa shape index (κ2) is 41.9. The van der Waals surface area contributed by atoms with Crippen LogP contribution in [0.5, 0.6) is 0 Å². The first-order chi connectivity index (χ1) is 27.7. The largest absolute Gasteiger partial charge is 0.469 e. The average molecular weight is 823 g/mol. The normalized spacial score (nSPS) is 13.6. The van der Waals surface area contributed by atoms with Gasteiger partial charge in [-0.2, -0.15) is 0 Å². The molecule has 0 aliphatic carbocycles. The Bertz CT molecular complexity index is 1120. The molecule has 0 radical (unpaired) electrons. The molecule has 2 atom stereocenters. The van der Waals surface area contributed by atoms with Crippen molar-refractivity contribution in [2.24, 2.45) is 0 Å². The number of ether oxygens (including phenoxy) is 2. The maximum absolute atomic E-state index is 12.4. The first-order valence-electron chi connectivity index (χ1n) is 22.7. The molecule has 0 heterocycles. The van der Waals surface area contributed by atoms with Gasteiger partial charge in [0.05, 0.1) is 12.7 Å². The van der Waals surface area contributed by atoms with Crippen molar-refractivity contribution in [3.05, 3.63) is 60.8 Å². The van der Waals surface area contributed by atoms with Crippen LogP contribution in [0.1, 0.15) is 200 Å². The van der Waals surface area contributed by atoms with Crippen molar-refractivity contribution in [3.8, 4) is 0 Å². The third-order valence-corrected chi connectivity index (χ3v) is 10.1. The Labute approximate surface area is 348 Å². The number of unbranched alkanes of at least 4 members (excludes halogenated alkanes) is 20. The molecular weight excluding hydrogens is 739 g/mol. The molecule has 3 N–H and O–H groups in total. The van der Waals surface area contributed by atoms with Crippen molar-refractivity contribution in [2.45, 2.75) is 212 Å². The van der Waals surface area contributed by atoms with E-state index >= 15 is 0 Å². The minimum atomic E-state index is -4.81. The van der Waals surface area contributed by atoms with Crippen LogP contribution in [0.15, 0.2) is 60.8 Å². The monoisotopic (exact) mass is 823 g/mol. The molecule has 57 heavy (non-hydrogen) atoms. The Balaban J connectivity index is 4.03. The molecule has 0 aromatic carbocycles. The summed E-state index contributed by atoms with van der Waals surface area (Å²) in [7, 11) is -4.81. The van der Waals surface area contributed by atoms with Crippen molar-refractivity contribution in [1.82, 2.24) is 0 Å². The zero-order valence-corrected chi connectivity index (χ0v) is 37.0. The number of rotatable bonds is 41. The highest BCUT2D eigenvalue weighted by Crippen LogP contribution is 2.36. The van der Waals surface area contributed by atoms with Crippen LogP contribution in [0.3, 0.4) is 0 Å². The summed E-state index contributed by atoms with van der Waals surface area (Å²) >= 11 is 0. The van der Waals surface area contributed by atoms with Crippen LogP contribution >= 0.6 is 7.82 Å². The van der Waals surface area contributed by atoms with Gasteiger partial charge in [-0.3, -0.25) is 14.1 Å². The van der Waals surface area contributed by atoms with E-state index in [1.807, 2.05) is 12.2 Å². The Morgan fingerprint density at radius 3 is 1.58 bits per heavy atom. The maximum Gasteiger partial charge on any atom is 0.469 e. The molecular formula is C47H83O9P. The summed E-state index contributed by atoms with van der Waals surface area (Å²) in [4.78, 5) is 42.9. The van der Waals surface area contributed by atoms with E-state index in [9.17, 15) is 19.3 Å². The highest BCUT2D eigenvalue weighted by atomic mass is 31.2. The topological polar surface area (TPSA) is 140 Å². The van der Waals surface area contributed by atoms with Gasteiger partial charge in [-0.25, -0.2) is 4.57 Å². The summed E-state index contributed by atoms with van der Waals surface area (Å²) in [6.45, 7) is 3.50. The van der Waals surface area contributed by atoms with Gasteiger partial charge in [-0.05, 0) is 70.6 Å². The molecule has 0 aliphatic heterocycles. The van der Waals surface area contributed by atoms with Crippen LogP contribution in [0, 0.1) is 0 Å². The number of carbonyl (C=O) groups is 2. The maximum atomic E-state index is 12.4. The van der Waals surface area contributed by atoms with Crippen molar-refractivity contribution >= 4 is 19.8 Å². The molecule has 0 amide bonds.